The number of carbonyl (C=O) groups excluding carboxylic acids is 1. The van der Waals surface area contributed by atoms with Crippen molar-refractivity contribution in [2.75, 3.05) is 43.4 Å². The molecule has 178 valence electrons. The Morgan fingerprint density at radius 2 is 1.83 bits per heavy atom. The average Bonchev–Trinajstić information content (AvgIpc) is 3.29. The zero-order chi connectivity index (χ0) is 24.0. The summed E-state index contributed by atoms with van der Waals surface area (Å²) in [7, 11) is 4.07. The number of fused-ring (bicyclic) bond motifs is 1. The van der Waals surface area contributed by atoms with Crippen molar-refractivity contribution in [2.45, 2.75) is 12.8 Å². The molecular formula is C26H28N8O. The summed E-state index contributed by atoms with van der Waals surface area (Å²) in [5, 5.41) is 7.99. The van der Waals surface area contributed by atoms with Crippen LogP contribution in [0.2, 0.25) is 0 Å². The van der Waals surface area contributed by atoms with Crippen molar-refractivity contribution in [1.82, 2.24) is 29.6 Å². The van der Waals surface area contributed by atoms with Crippen LogP contribution >= 0.6 is 0 Å². The number of hydrogen-bond donors (Lipinski definition) is 1. The molecule has 0 aliphatic carbocycles. The molecule has 3 aromatic heterocycles. The lowest BCUT2D eigenvalue weighted by Crippen LogP contribution is -2.58. The van der Waals surface area contributed by atoms with E-state index >= 15 is 0 Å². The molecule has 9 nitrogen and oxygen atoms in total. The average molecular weight is 469 g/mol. The molecule has 0 unspecified atom stereocenters. The molecule has 4 aromatic rings. The Kier molecular flexibility index (Phi) is 5.21. The first kappa shape index (κ1) is 21.7. The second-order valence-corrected chi connectivity index (χ2v) is 9.89. The Morgan fingerprint density at radius 1 is 1.00 bits per heavy atom. The second-order valence-electron chi connectivity index (χ2n) is 9.89. The van der Waals surface area contributed by atoms with Crippen molar-refractivity contribution in [3.63, 3.8) is 0 Å². The minimum Gasteiger partial charge on any atom is -0.357 e. The highest BCUT2D eigenvalue weighted by molar-refractivity contribution is 6.04. The van der Waals surface area contributed by atoms with Gasteiger partial charge in [-0.05, 0) is 49.1 Å². The van der Waals surface area contributed by atoms with E-state index in [9.17, 15) is 4.79 Å². The van der Waals surface area contributed by atoms with Gasteiger partial charge >= 0.3 is 0 Å². The first-order valence-corrected chi connectivity index (χ1v) is 11.9. The summed E-state index contributed by atoms with van der Waals surface area (Å²) in [6, 6.07) is 9.57. The van der Waals surface area contributed by atoms with E-state index in [0.717, 1.165) is 40.9 Å². The fraction of sp³-hybridized carbons (Fsp3) is 0.346. The molecule has 1 N–H and O–H groups in total. The van der Waals surface area contributed by atoms with E-state index in [2.05, 4.69) is 42.2 Å². The molecule has 2 saturated heterocycles. The number of aryl methyl sites for hydroxylation is 1. The molecule has 6 rings (SSSR count). The number of pyridine rings is 1. The minimum atomic E-state index is -0.245. The van der Waals surface area contributed by atoms with Crippen LogP contribution in [-0.4, -0.2) is 68.8 Å². The maximum Gasteiger partial charge on any atom is 0.258 e. The molecule has 5 heterocycles. The Morgan fingerprint density at radius 3 is 2.57 bits per heavy atom. The van der Waals surface area contributed by atoms with Crippen LogP contribution in [-0.2, 0) is 7.05 Å². The molecule has 1 amide bonds. The van der Waals surface area contributed by atoms with Gasteiger partial charge in [-0.25, -0.2) is 15.0 Å². The predicted molar refractivity (Wildman–Crippen MR) is 135 cm³/mol. The molecule has 0 radical (unpaired) electrons. The quantitative estimate of drug-likeness (QED) is 0.492. The van der Waals surface area contributed by atoms with Crippen LogP contribution in [0, 0.1) is 5.41 Å². The van der Waals surface area contributed by atoms with Gasteiger partial charge in [-0.2, -0.15) is 5.10 Å². The summed E-state index contributed by atoms with van der Waals surface area (Å²) in [6.45, 7) is 4.32. The lowest BCUT2D eigenvalue weighted by Gasteiger charge is -2.53. The SMILES string of the molecule is CN1CC2(CCN(c3cc(C(=O)Nc4ncc5ccc(-c6cnn(C)c6)cc5n4)ccn3)CC2)C1. The third-order valence-corrected chi connectivity index (χ3v) is 7.21. The number of nitrogens with zero attached hydrogens (tertiary/aromatic N) is 7. The van der Waals surface area contributed by atoms with Gasteiger partial charge in [0, 0.05) is 68.3 Å². The summed E-state index contributed by atoms with van der Waals surface area (Å²) in [4.78, 5) is 31.1. The van der Waals surface area contributed by atoms with Crippen LogP contribution in [0.1, 0.15) is 23.2 Å². The molecule has 2 aliphatic heterocycles. The van der Waals surface area contributed by atoms with E-state index in [-0.39, 0.29) is 11.9 Å². The fourth-order valence-electron chi connectivity index (χ4n) is 5.36. The topological polar surface area (TPSA) is 92.1 Å². The number of nitrogens with one attached hydrogen (secondary N) is 1. The van der Waals surface area contributed by atoms with Crippen molar-refractivity contribution in [2.24, 2.45) is 12.5 Å². The smallest absolute Gasteiger partial charge is 0.258 e. The molecule has 9 heteroatoms. The van der Waals surface area contributed by atoms with Gasteiger partial charge < -0.3 is 9.80 Å². The monoisotopic (exact) mass is 468 g/mol. The van der Waals surface area contributed by atoms with Gasteiger partial charge in [0.05, 0.1) is 11.7 Å². The molecule has 0 bridgehead atoms. The van der Waals surface area contributed by atoms with Gasteiger partial charge in [0.1, 0.15) is 5.82 Å². The highest BCUT2D eigenvalue weighted by Crippen LogP contribution is 2.40. The summed E-state index contributed by atoms with van der Waals surface area (Å²) >= 11 is 0. The van der Waals surface area contributed by atoms with E-state index in [1.807, 2.05) is 43.7 Å². The summed E-state index contributed by atoms with van der Waals surface area (Å²) in [5.41, 5.74) is 3.81. The van der Waals surface area contributed by atoms with Crippen molar-refractivity contribution in [3.05, 3.63) is 60.7 Å². The van der Waals surface area contributed by atoms with E-state index < -0.39 is 0 Å². The van der Waals surface area contributed by atoms with E-state index in [0.29, 0.717) is 11.0 Å². The second kappa shape index (κ2) is 8.42. The number of rotatable bonds is 4. The van der Waals surface area contributed by atoms with Crippen LogP contribution in [0.3, 0.4) is 0 Å². The van der Waals surface area contributed by atoms with E-state index in [1.54, 1.807) is 23.1 Å². The van der Waals surface area contributed by atoms with Crippen LogP contribution in [0.5, 0.6) is 0 Å². The molecular weight excluding hydrogens is 440 g/mol. The van der Waals surface area contributed by atoms with Crippen LogP contribution < -0.4 is 10.2 Å². The standard InChI is InChI=1S/C26H28N8O/c1-32-16-26(17-32)6-9-34(10-7-26)23-12-19(5-8-27-23)24(35)31-25-28-13-20-4-3-18(11-22(20)30-25)21-14-29-33(2)15-21/h3-5,8,11-15H,6-7,9-10,16-17H2,1-2H3,(H,28,30,31,35). The Balaban J connectivity index is 1.17. The predicted octanol–water partition coefficient (Wildman–Crippen LogP) is 3.21. The lowest BCUT2D eigenvalue weighted by atomic mass is 9.72. The number of piperidine rings is 1. The molecule has 2 fully saturated rings. The molecule has 2 aliphatic rings. The Hall–Kier alpha value is -3.85. The summed E-state index contributed by atoms with van der Waals surface area (Å²) in [6.07, 6.45) is 9.54. The van der Waals surface area contributed by atoms with Gasteiger partial charge in [0.2, 0.25) is 5.95 Å². The molecule has 1 spiro atoms. The van der Waals surface area contributed by atoms with Crippen molar-refractivity contribution in [1.29, 1.82) is 0 Å². The van der Waals surface area contributed by atoms with Crippen molar-refractivity contribution < 1.29 is 4.79 Å². The third-order valence-electron chi connectivity index (χ3n) is 7.21. The van der Waals surface area contributed by atoms with Crippen LogP contribution in [0.4, 0.5) is 11.8 Å². The largest absolute Gasteiger partial charge is 0.357 e. The maximum atomic E-state index is 13.0. The van der Waals surface area contributed by atoms with Gasteiger partial charge in [-0.3, -0.25) is 14.8 Å². The number of benzene rings is 1. The van der Waals surface area contributed by atoms with Crippen molar-refractivity contribution >= 4 is 28.6 Å². The van der Waals surface area contributed by atoms with Crippen LogP contribution in [0.25, 0.3) is 22.0 Å². The van der Waals surface area contributed by atoms with Gasteiger partial charge in [0.15, 0.2) is 0 Å². The van der Waals surface area contributed by atoms with Crippen molar-refractivity contribution in [3.8, 4) is 11.1 Å². The highest BCUT2D eigenvalue weighted by atomic mass is 16.1. The first-order chi connectivity index (χ1) is 17.0. The Labute approximate surface area is 203 Å². The summed E-state index contributed by atoms with van der Waals surface area (Å²) < 4.78 is 1.77. The normalized spacial score (nSPS) is 17.5. The minimum absolute atomic E-state index is 0.245. The Bertz CT molecular complexity index is 1400. The molecule has 0 saturated carbocycles. The van der Waals surface area contributed by atoms with E-state index in [1.165, 1.54) is 25.9 Å². The van der Waals surface area contributed by atoms with Gasteiger partial charge in [-0.1, -0.05) is 12.1 Å². The van der Waals surface area contributed by atoms with Crippen LogP contribution in [0.15, 0.2) is 55.1 Å². The number of hydrogen-bond acceptors (Lipinski definition) is 7. The zero-order valence-corrected chi connectivity index (χ0v) is 20.0. The summed E-state index contributed by atoms with van der Waals surface area (Å²) in [5.74, 6) is 0.879. The zero-order valence-electron chi connectivity index (χ0n) is 20.0. The molecule has 1 aromatic carbocycles. The molecule has 35 heavy (non-hydrogen) atoms. The fourth-order valence-corrected chi connectivity index (χ4v) is 5.36. The number of anilines is 2. The lowest BCUT2D eigenvalue weighted by molar-refractivity contribution is 0.00121. The van der Waals surface area contributed by atoms with Gasteiger partial charge in [0.25, 0.3) is 5.91 Å². The number of amides is 1. The maximum absolute atomic E-state index is 13.0. The van der Waals surface area contributed by atoms with E-state index in [4.69, 9.17) is 0 Å². The van der Waals surface area contributed by atoms with Gasteiger partial charge in [-0.15, -0.1) is 0 Å². The molecule has 0 atom stereocenters. The first-order valence-electron chi connectivity index (χ1n) is 11.9. The number of carbonyl (C=O) groups is 1. The third kappa shape index (κ3) is 4.23. The number of aromatic nitrogens is 5. The highest BCUT2D eigenvalue weighted by Gasteiger charge is 2.43. The number of likely N-dealkylation sites (tertiary alicyclic amines) is 1.